The van der Waals surface area contributed by atoms with Crippen LogP contribution < -0.4 is 10.6 Å². The number of anilines is 1. The summed E-state index contributed by atoms with van der Waals surface area (Å²) in [6.45, 7) is 8.43. The molecule has 3 heterocycles. The zero-order chi connectivity index (χ0) is 26.5. The molecule has 8 heteroatoms. The summed E-state index contributed by atoms with van der Waals surface area (Å²) in [4.78, 5) is 44.3. The first-order valence-electron chi connectivity index (χ1n) is 13.7. The average Bonchev–Trinajstić information content (AvgIpc) is 3.53. The molecule has 2 bridgehead atoms. The Morgan fingerprint density at radius 1 is 1.24 bits per heavy atom. The number of rotatable bonds is 7. The van der Waals surface area contributed by atoms with Crippen LogP contribution in [0, 0.1) is 23.7 Å². The van der Waals surface area contributed by atoms with E-state index in [1.165, 1.54) is 6.42 Å². The minimum absolute atomic E-state index is 0.0750. The number of thioether (sulfide) groups is 1. The molecule has 1 aromatic carbocycles. The summed E-state index contributed by atoms with van der Waals surface area (Å²) in [5, 5.41) is 6.32. The highest BCUT2D eigenvalue weighted by Crippen LogP contribution is 2.56. The lowest BCUT2D eigenvalue weighted by Gasteiger charge is -2.39. The monoisotopic (exact) mass is 525 g/mol. The van der Waals surface area contributed by atoms with Gasteiger partial charge in [-0.2, -0.15) is 0 Å². The van der Waals surface area contributed by atoms with Gasteiger partial charge in [0.2, 0.25) is 17.7 Å². The standard InChI is InChI=1S/C29H39N3O4S/c1-6-17(3)32-25(27(34)31-21-12-7-9-16(2)18(21)4)29-14-13-22(36-29)23(24(29)28(32)35)26(33)30-19-10-8-11-20(15-19)37-5/h8,10-11,13-18,21-25H,6-7,9,12H2,1-5H3,(H,30,33)(H,31,34)/t16?,17?,18?,21?,22-,23-,24+,25?,29+/m0/s1. The Morgan fingerprint density at radius 3 is 2.76 bits per heavy atom. The summed E-state index contributed by atoms with van der Waals surface area (Å²) in [5.74, 6) is -1.07. The minimum Gasteiger partial charge on any atom is -0.359 e. The number of carbonyl (C=O) groups excluding carboxylic acids is 3. The van der Waals surface area contributed by atoms with Crippen molar-refractivity contribution in [2.45, 2.75) is 88.1 Å². The number of likely N-dealkylation sites (tertiary alicyclic amines) is 1. The molecule has 7 nitrogen and oxygen atoms in total. The smallest absolute Gasteiger partial charge is 0.246 e. The van der Waals surface area contributed by atoms with E-state index in [4.69, 9.17) is 4.74 Å². The van der Waals surface area contributed by atoms with Gasteiger partial charge in [-0.3, -0.25) is 14.4 Å². The highest BCUT2D eigenvalue weighted by atomic mass is 32.2. The Hall–Kier alpha value is -2.32. The number of nitrogens with zero attached hydrogens (tertiary/aromatic N) is 1. The molecule has 37 heavy (non-hydrogen) atoms. The molecule has 200 valence electrons. The van der Waals surface area contributed by atoms with E-state index in [0.29, 0.717) is 23.9 Å². The second-order valence-corrected chi connectivity index (χ2v) is 12.2. The molecule has 3 aliphatic heterocycles. The van der Waals surface area contributed by atoms with Crippen molar-refractivity contribution in [2.24, 2.45) is 23.7 Å². The van der Waals surface area contributed by atoms with E-state index in [2.05, 4.69) is 24.5 Å². The number of carbonyl (C=O) groups is 3. The molecule has 2 N–H and O–H groups in total. The van der Waals surface area contributed by atoms with Gasteiger partial charge in [0.1, 0.15) is 11.6 Å². The van der Waals surface area contributed by atoms with Crippen molar-refractivity contribution < 1.29 is 19.1 Å². The van der Waals surface area contributed by atoms with Crippen LogP contribution in [0.4, 0.5) is 5.69 Å². The van der Waals surface area contributed by atoms with Crippen LogP contribution in [0.1, 0.15) is 53.4 Å². The van der Waals surface area contributed by atoms with E-state index in [0.717, 1.165) is 17.7 Å². The van der Waals surface area contributed by atoms with Crippen molar-refractivity contribution in [2.75, 3.05) is 11.6 Å². The fourth-order valence-corrected chi connectivity index (χ4v) is 7.31. The predicted octanol–water partition coefficient (Wildman–Crippen LogP) is 4.24. The van der Waals surface area contributed by atoms with Crippen molar-refractivity contribution in [1.82, 2.24) is 10.2 Å². The van der Waals surface area contributed by atoms with Crippen LogP contribution in [0.2, 0.25) is 0 Å². The summed E-state index contributed by atoms with van der Waals surface area (Å²) in [6, 6.07) is 6.80. The Balaban J connectivity index is 1.44. The highest BCUT2D eigenvalue weighted by molar-refractivity contribution is 7.98. The number of ether oxygens (including phenoxy) is 1. The first kappa shape index (κ1) is 26.3. The molecule has 1 saturated carbocycles. The Kier molecular flexibility index (Phi) is 7.18. The zero-order valence-corrected chi connectivity index (χ0v) is 23.2. The van der Waals surface area contributed by atoms with Gasteiger partial charge >= 0.3 is 0 Å². The topological polar surface area (TPSA) is 87.7 Å². The van der Waals surface area contributed by atoms with Crippen LogP contribution in [0.3, 0.4) is 0 Å². The van der Waals surface area contributed by atoms with Gasteiger partial charge in [0.05, 0.1) is 17.9 Å². The number of benzene rings is 1. The van der Waals surface area contributed by atoms with Crippen molar-refractivity contribution in [3.05, 3.63) is 36.4 Å². The van der Waals surface area contributed by atoms with Crippen LogP contribution in [-0.4, -0.2) is 58.7 Å². The van der Waals surface area contributed by atoms with Crippen LogP contribution in [0.25, 0.3) is 0 Å². The Bertz CT molecular complexity index is 1110. The van der Waals surface area contributed by atoms with Gasteiger partial charge in [-0.25, -0.2) is 0 Å². The van der Waals surface area contributed by atoms with Gasteiger partial charge in [-0.15, -0.1) is 11.8 Å². The molecule has 1 aromatic rings. The molecular weight excluding hydrogens is 486 g/mol. The minimum atomic E-state index is -1.12. The number of hydrogen-bond acceptors (Lipinski definition) is 5. The second kappa shape index (κ2) is 10.1. The largest absolute Gasteiger partial charge is 0.359 e. The Morgan fingerprint density at radius 2 is 2.03 bits per heavy atom. The predicted molar refractivity (Wildman–Crippen MR) is 145 cm³/mol. The number of amides is 3. The zero-order valence-electron chi connectivity index (χ0n) is 22.4. The first-order chi connectivity index (χ1) is 17.7. The molecule has 0 aromatic heterocycles. The molecule has 3 fully saturated rings. The molecule has 1 spiro atoms. The van der Waals surface area contributed by atoms with E-state index in [1.807, 2.05) is 56.5 Å². The highest BCUT2D eigenvalue weighted by Gasteiger charge is 2.73. The lowest BCUT2D eigenvalue weighted by molar-refractivity contribution is -0.144. The fourth-order valence-electron chi connectivity index (χ4n) is 6.85. The summed E-state index contributed by atoms with van der Waals surface area (Å²) >= 11 is 1.60. The van der Waals surface area contributed by atoms with E-state index in [1.54, 1.807) is 16.7 Å². The van der Waals surface area contributed by atoms with Gasteiger partial charge in [0.15, 0.2) is 0 Å². The molecule has 5 unspecified atom stereocenters. The SMILES string of the molecule is CCC(C)N1C(=O)[C@H]2[C@@H](C(=O)Nc3cccc(SC)c3)[C@@H]3C=C[C@]2(O3)C1C(=O)NC1CCCC(C)C1C. The van der Waals surface area contributed by atoms with Gasteiger partial charge in [0, 0.05) is 22.7 Å². The molecule has 3 amide bonds. The van der Waals surface area contributed by atoms with E-state index >= 15 is 0 Å². The van der Waals surface area contributed by atoms with Gasteiger partial charge < -0.3 is 20.3 Å². The molecule has 5 rings (SSSR count). The van der Waals surface area contributed by atoms with Crippen molar-refractivity contribution in [3.8, 4) is 0 Å². The molecule has 4 aliphatic rings. The van der Waals surface area contributed by atoms with Gasteiger partial charge in [-0.1, -0.05) is 51.8 Å². The average molecular weight is 526 g/mol. The summed E-state index contributed by atoms with van der Waals surface area (Å²) in [7, 11) is 0. The fraction of sp³-hybridized carbons (Fsp3) is 0.621. The normalized spacial score (nSPS) is 36.9. The third kappa shape index (κ3) is 4.30. The molecule has 2 saturated heterocycles. The van der Waals surface area contributed by atoms with Crippen molar-refractivity contribution >= 4 is 35.2 Å². The van der Waals surface area contributed by atoms with E-state index < -0.39 is 29.6 Å². The summed E-state index contributed by atoms with van der Waals surface area (Å²) in [5.41, 5.74) is -0.432. The van der Waals surface area contributed by atoms with E-state index in [9.17, 15) is 14.4 Å². The van der Waals surface area contributed by atoms with Gasteiger partial charge in [-0.05, 0) is 56.1 Å². The maximum atomic E-state index is 14.0. The maximum absolute atomic E-state index is 14.0. The number of fused-ring (bicyclic) bond motifs is 1. The quantitative estimate of drug-likeness (QED) is 0.411. The summed E-state index contributed by atoms with van der Waals surface area (Å²) < 4.78 is 6.47. The van der Waals surface area contributed by atoms with Crippen molar-refractivity contribution in [3.63, 3.8) is 0 Å². The molecule has 9 atom stereocenters. The molecular formula is C29H39N3O4S. The summed E-state index contributed by atoms with van der Waals surface area (Å²) in [6.07, 6.45) is 9.13. The third-order valence-corrected chi connectivity index (χ3v) is 10.0. The third-order valence-electron chi connectivity index (χ3n) is 9.30. The second-order valence-electron chi connectivity index (χ2n) is 11.3. The lowest BCUT2D eigenvalue weighted by Crippen LogP contribution is -2.59. The van der Waals surface area contributed by atoms with Crippen LogP contribution in [0.15, 0.2) is 41.3 Å². The number of hydrogen-bond donors (Lipinski definition) is 2. The lowest BCUT2D eigenvalue weighted by atomic mass is 9.73. The first-order valence-corrected chi connectivity index (χ1v) is 14.9. The van der Waals surface area contributed by atoms with E-state index in [-0.39, 0.29) is 29.8 Å². The Labute approximate surface area is 224 Å². The molecule has 1 aliphatic carbocycles. The van der Waals surface area contributed by atoms with Crippen LogP contribution >= 0.6 is 11.8 Å². The van der Waals surface area contributed by atoms with Crippen LogP contribution in [-0.2, 0) is 19.1 Å². The van der Waals surface area contributed by atoms with Crippen molar-refractivity contribution in [1.29, 1.82) is 0 Å². The van der Waals surface area contributed by atoms with Gasteiger partial charge in [0.25, 0.3) is 0 Å². The molecule has 0 radical (unpaired) electrons. The maximum Gasteiger partial charge on any atom is 0.246 e. The van der Waals surface area contributed by atoms with Crippen LogP contribution in [0.5, 0.6) is 0 Å². The number of nitrogens with one attached hydrogen (secondary N) is 2.